The molecule has 5 heteroatoms. The fraction of sp³-hybridized carbons (Fsp3) is 0.333. The van der Waals surface area contributed by atoms with Gasteiger partial charge in [0.1, 0.15) is 11.5 Å². The fourth-order valence-corrected chi connectivity index (χ4v) is 1.93. The van der Waals surface area contributed by atoms with Crippen molar-refractivity contribution in [2.24, 2.45) is 0 Å². The van der Waals surface area contributed by atoms with Crippen LogP contribution in [0, 0.1) is 13.8 Å². The minimum Gasteiger partial charge on any atom is -0.492 e. The van der Waals surface area contributed by atoms with Gasteiger partial charge in [0.05, 0.1) is 24.4 Å². The van der Waals surface area contributed by atoms with Gasteiger partial charge in [0.15, 0.2) is 5.89 Å². The lowest BCUT2D eigenvalue weighted by Crippen LogP contribution is -2.15. The van der Waals surface area contributed by atoms with E-state index in [0.717, 1.165) is 5.69 Å². The molecule has 1 amide bonds. The molecule has 0 bridgehead atoms. The zero-order valence-corrected chi connectivity index (χ0v) is 11.9. The number of nitrogens with zero attached hydrogens (tertiary/aromatic N) is 1. The van der Waals surface area contributed by atoms with Crippen molar-refractivity contribution < 1.29 is 13.9 Å². The molecule has 1 N–H and O–H groups in total. The van der Waals surface area contributed by atoms with Crippen LogP contribution < -0.4 is 10.1 Å². The van der Waals surface area contributed by atoms with Crippen molar-refractivity contribution in [1.29, 1.82) is 0 Å². The minimum atomic E-state index is -0.156. The van der Waals surface area contributed by atoms with Gasteiger partial charge in [-0.05, 0) is 26.0 Å². The summed E-state index contributed by atoms with van der Waals surface area (Å²) < 4.78 is 10.9. The van der Waals surface area contributed by atoms with E-state index in [9.17, 15) is 4.79 Å². The molecule has 0 fully saturated rings. The molecule has 1 aromatic carbocycles. The molecule has 20 heavy (non-hydrogen) atoms. The van der Waals surface area contributed by atoms with E-state index < -0.39 is 0 Å². The van der Waals surface area contributed by atoms with Gasteiger partial charge in [-0.2, -0.15) is 0 Å². The van der Waals surface area contributed by atoms with Crippen molar-refractivity contribution in [2.45, 2.75) is 27.2 Å². The van der Waals surface area contributed by atoms with Gasteiger partial charge < -0.3 is 14.5 Å². The molecule has 2 rings (SSSR count). The molecule has 0 aliphatic rings. The second-order valence-electron chi connectivity index (χ2n) is 4.40. The summed E-state index contributed by atoms with van der Waals surface area (Å²) in [7, 11) is 0. The number of carbonyl (C=O) groups excluding carboxylic acids is 1. The van der Waals surface area contributed by atoms with Crippen molar-refractivity contribution in [3.63, 3.8) is 0 Å². The molecule has 2 aromatic rings. The first kappa shape index (κ1) is 14.1. The summed E-state index contributed by atoms with van der Waals surface area (Å²) in [5, 5.41) is 2.83. The van der Waals surface area contributed by atoms with Crippen molar-refractivity contribution in [1.82, 2.24) is 4.98 Å². The van der Waals surface area contributed by atoms with E-state index >= 15 is 0 Å². The van der Waals surface area contributed by atoms with Gasteiger partial charge >= 0.3 is 0 Å². The largest absolute Gasteiger partial charge is 0.492 e. The molecule has 0 saturated carbocycles. The first-order valence-electron chi connectivity index (χ1n) is 6.54. The highest BCUT2D eigenvalue weighted by Crippen LogP contribution is 2.24. The average Bonchev–Trinajstić information content (AvgIpc) is 2.70. The van der Waals surface area contributed by atoms with Crippen LogP contribution in [0.15, 0.2) is 28.7 Å². The van der Waals surface area contributed by atoms with Crippen LogP contribution in [0.2, 0.25) is 0 Å². The van der Waals surface area contributed by atoms with E-state index in [1.807, 2.05) is 32.0 Å². The van der Waals surface area contributed by atoms with Gasteiger partial charge in [-0.25, -0.2) is 4.98 Å². The first-order valence-corrected chi connectivity index (χ1v) is 6.54. The number of benzene rings is 1. The summed E-state index contributed by atoms with van der Waals surface area (Å²) in [5.74, 6) is 1.67. The highest BCUT2D eigenvalue weighted by Gasteiger charge is 2.13. The van der Waals surface area contributed by atoms with Gasteiger partial charge in [-0.1, -0.05) is 12.1 Å². The highest BCUT2D eigenvalue weighted by molar-refractivity contribution is 5.93. The number of amides is 1. The third-order valence-electron chi connectivity index (χ3n) is 2.78. The zero-order chi connectivity index (χ0) is 14.5. The maximum Gasteiger partial charge on any atom is 0.232 e. The molecule has 0 unspecified atom stereocenters. The molecule has 0 aliphatic heterocycles. The number of rotatable bonds is 5. The number of nitrogens with one attached hydrogen (secondary N) is 1. The predicted octanol–water partition coefficient (Wildman–Crippen LogP) is 2.87. The van der Waals surface area contributed by atoms with Crippen LogP contribution in [0.3, 0.4) is 0 Å². The molecular weight excluding hydrogens is 256 g/mol. The van der Waals surface area contributed by atoms with Gasteiger partial charge in [0, 0.05) is 6.92 Å². The fourth-order valence-electron chi connectivity index (χ4n) is 1.93. The smallest absolute Gasteiger partial charge is 0.232 e. The summed E-state index contributed by atoms with van der Waals surface area (Å²) in [6.45, 7) is 6.04. The standard InChI is InChI=1S/C15H18N2O3/c1-4-19-13-8-6-5-7-12(13)17-15(18)9-14-10(2)16-11(3)20-14/h5-8H,4,9H2,1-3H3,(H,17,18). The molecule has 0 atom stereocenters. The topological polar surface area (TPSA) is 64.4 Å². The van der Waals surface area contributed by atoms with E-state index in [1.54, 1.807) is 13.0 Å². The molecule has 1 aromatic heterocycles. The SMILES string of the molecule is CCOc1ccccc1NC(=O)Cc1oc(C)nc1C. The Kier molecular flexibility index (Phi) is 4.40. The van der Waals surface area contributed by atoms with E-state index in [-0.39, 0.29) is 12.3 Å². The van der Waals surface area contributed by atoms with Gasteiger partial charge in [-0.15, -0.1) is 0 Å². The number of carbonyl (C=O) groups is 1. The second kappa shape index (κ2) is 6.23. The van der Waals surface area contributed by atoms with Gasteiger partial charge in [-0.3, -0.25) is 4.79 Å². The van der Waals surface area contributed by atoms with Crippen LogP contribution in [0.4, 0.5) is 5.69 Å². The molecule has 0 saturated heterocycles. The van der Waals surface area contributed by atoms with Crippen LogP contribution in [0.1, 0.15) is 24.3 Å². The zero-order valence-electron chi connectivity index (χ0n) is 11.9. The number of para-hydroxylation sites is 2. The Balaban J connectivity index is 2.06. The number of aromatic nitrogens is 1. The lowest BCUT2D eigenvalue weighted by molar-refractivity contribution is -0.115. The number of ether oxygens (including phenoxy) is 1. The van der Waals surface area contributed by atoms with Crippen LogP contribution in [0.5, 0.6) is 5.75 Å². The monoisotopic (exact) mass is 274 g/mol. The maximum atomic E-state index is 12.0. The summed E-state index contributed by atoms with van der Waals surface area (Å²) in [6, 6.07) is 7.34. The van der Waals surface area contributed by atoms with Crippen LogP contribution >= 0.6 is 0 Å². The van der Waals surface area contributed by atoms with Crippen molar-refractivity contribution in [3.8, 4) is 5.75 Å². The molecule has 0 radical (unpaired) electrons. The molecule has 0 aliphatic carbocycles. The third kappa shape index (κ3) is 3.38. The predicted molar refractivity (Wildman–Crippen MR) is 75.9 cm³/mol. The summed E-state index contributed by atoms with van der Waals surface area (Å²) in [6.07, 6.45) is 0.160. The maximum absolute atomic E-state index is 12.0. The number of oxazole rings is 1. The molecule has 5 nitrogen and oxygen atoms in total. The second-order valence-corrected chi connectivity index (χ2v) is 4.40. The van der Waals surface area contributed by atoms with Gasteiger partial charge in [0.2, 0.25) is 5.91 Å². The Morgan fingerprint density at radius 2 is 2.10 bits per heavy atom. The van der Waals surface area contributed by atoms with E-state index in [1.165, 1.54) is 0 Å². The van der Waals surface area contributed by atoms with Crippen LogP contribution in [-0.4, -0.2) is 17.5 Å². The Bertz CT molecular complexity index is 605. The summed E-state index contributed by atoms with van der Waals surface area (Å²) in [5.41, 5.74) is 1.41. The number of anilines is 1. The first-order chi connectivity index (χ1) is 9.60. The van der Waals surface area contributed by atoms with Crippen molar-refractivity contribution in [2.75, 3.05) is 11.9 Å². The van der Waals surface area contributed by atoms with E-state index in [2.05, 4.69) is 10.3 Å². The van der Waals surface area contributed by atoms with Crippen molar-refractivity contribution >= 4 is 11.6 Å². The van der Waals surface area contributed by atoms with E-state index in [4.69, 9.17) is 9.15 Å². The Hall–Kier alpha value is -2.30. The molecule has 0 spiro atoms. The van der Waals surface area contributed by atoms with Crippen LogP contribution in [-0.2, 0) is 11.2 Å². The van der Waals surface area contributed by atoms with E-state index in [0.29, 0.717) is 29.7 Å². The lowest BCUT2D eigenvalue weighted by atomic mass is 10.2. The summed E-state index contributed by atoms with van der Waals surface area (Å²) >= 11 is 0. The molecule has 106 valence electrons. The normalized spacial score (nSPS) is 10.3. The number of aryl methyl sites for hydroxylation is 2. The highest BCUT2D eigenvalue weighted by atomic mass is 16.5. The Morgan fingerprint density at radius 3 is 2.75 bits per heavy atom. The molecule has 1 heterocycles. The third-order valence-corrected chi connectivity index (χ3v) is 2.78. The van der Waals surface area contributed by atoms with Crippen LogP contribution in [0.25, 0.3) is 0 Å². The average molecular weight is 274 g/mol. The summed E-state index contributed by atoms with van der Waals surface area (Å²) in [4.78, 5) is 16.2. The van der Waals surface area contributed by atoms with Crippen molar-refractivity contribution in [3.05, 3.63) is 41.6 Å². The minimum absolute atomic E-state index is 0.156. The lowest BCUT2D eigenvalue weighted by Gasteiger charge is -2.10. The molecular formula is C15H18N2O3. The Labute approximate surface area is 118 Å². The van der Waals surface area contributed by atoms with Gasteiger partial charge in [0.25, 0.3) is 0 Å². The quantitative estimate of drug-likeness (QED) is 0.910. The number of hydrogen-bond acceptors (Lipinski definition) is 4. The Morgan fingerprint density at radius 1 is 1.35 bits per heavy atom. The number of hydrogen-bond donors (Lipinski definition) is 1.